The third-order valence-electron chi connectivity index (χ3n) is 6.88. The minimum absolute atomic E-state index is 0.0136. The van der Waals surface area contributed by atoms with E-state index < -0.39 is 9.84 Å². The van der Waals surface area contributed by atoms with E-state index >= 15 is 0 Å². The van der Waals surface area contributed by atoms with Gasteiger partial charge in [-0.1, -0.05) is 12.1 Å². The van der Waals surface area contributed by atoms with Crippen LogP contribution >= 0.6 is 0 Å². The molecule has 0 unspecified atom stereocenters. The van der Waals surface area contributed by atoms with E-state index in [9.17, 15) is 18.0 Å². The van der Waals surface area contributed by atoms with Crippen molar-refractivity contribution >= 4 is 26.6 Å². The van der Waals surface area contributed by atoms with Crippen LogP contribution in [0, 0.1) is 0 Å². The van der Waals surface area contributed by atoms with Crippen molar-refractivity contribution in [3.05, 3.63) is 40.4 Å². The number of amides is 1. The number of likely N-dealkylation sites (N-methyl/N-ethyl adjacent to an activating group) is 1. The van der Waals surface area contributed by atoms with Crippen LogP contribution in [0.5, 0.6) is 0 Å². The molecule has 8 nitrogen and oxygen atoms in total. The van der Waals surface area contributed by atoms with Gasteiger partial charge in [0.05, 0.1) is 35.0 Å². The number of para-hydroxylation sites is 1. The first-order valence-corrected chi connectivity index (χ1v) is 12.3. The highest BCUT2D eigenvalue weighted by Crippen LogP contribution is 2.31. The van der Waals surface area contributed by atoms with Gasteiger partial charge in [-0.15, -0.1) is 0 Å². The lowest BCUT2D eigenvalue weighted by atomic mass is 10.1. The summed E-state index contributed by atoms with van der Waals surface area (Å²) in [6, 6.07) is 7.29. The zero-order valence-corrected chi connectivity index (χ0v) is 17.8. The van der Waals surface area contributed by atoms with Gasteiger partial charge in [0.1, 0.15) is 5.82 Å². The topological polar surface area (TPSA) is 92.6 Å². The molecule has 0 N–H and O–H groups in total. The molecule has 1 aromatic heterocycles. The Balaban J connectivity index is 1.39. The average Bonchev–Trinajstić information content (AvgIpc) is 3.21. The fourth-order valence-corrected chi connectivity index (χ4v) is 7.08. The van der Waals surface area contributed by atoms with Crippen LogP contribution in [-0.2, 0) is 27.6 Å². The van der Waals surface area contributed by atoms with Gasteiger partial charge >= 0.3 is 0 Å². The summed E-state index contributed by atoms with van der Waals surface area (Å²) in [5, 5.41) is 0.610. The van der Waals surface area contributed by atoms with Crippen molar-refractivity contribution in [2.75, 3.05) is 25.1 Å². The summed E-state index contributed by atoms with van der Waals surface area (Å²) in [6.45, 7) is 0.670. The predicted octanol–water partition coefficient (Wildman–Crippen LogP) is 0.431. The Bertz CT molecular complexity index is 1180. The molecular weight excluding hydrogens is 404 g/mol. The lowest BCUT2D eigenvalue weighted by Gasteiger charge is -2.31. The molecule has 4 heterocycles. The SMILES string of the molecule is CN(CC(=O)N1[C@@H]2CC[C@@H]1Cn1c(nc3ccccc3c1=O)C2)[C@@H]1CCS(=O)(=O)C1. The molecule has 2 bridgehead atoms. The summed E-state index contributed by atoms with van der Waals surface area (Å²) < 4.78 is 25.3. The van der Waals surface area contributed by atoms with Gasteiger partial charge in [-0.3, -0.25) is 19.1 Å². The van der Waals surface area contributed by atoms with Crippen molar-refractivity contribution in [3.63, 3.8) is 0 Å². The molecule has 5 rings (SSSR count). The van der Waals surface area contributed by atoms with Crippen LogP contribution < -0.4 is 5.56 Å². The number of hydrogen-bond donors (Lipinski definition) is 0. The molecule has 0 spiro atoms. The average molecular weight is 431 g/mol. The Morgan fingerprint density at radius 3 is 2.73 bits per heavy atom. The zero-order valence-electron chi connectivity index (χ0n) is 17.0. The number of nitrogens with zero attached hydrogens (tertiary/aromatic N) is 4. The summed E-state index contributed by atoms with van der Waals surface area (Å²) in [5.41, 5.74) is 0.662. The highest BCUT2D eigenvalue weighted by molar-refractivity contribution is 7.91. The van der Waals surface area contributed by atoms with Gasteiger partial charge in [0.15, 0.2) is 9.84 Å². The maximum Gasteiger partial charge on any atom is 0.261 e. The molecule has 2 saturated heterocycles. The Hall–Kier alpha value is -2.26. The fourth-order valence-electron chi connectivity index (χ4n) is 5.27. The van der Waals surface area contributed by atoms with Crippen molar-refractivity contribution in [2.24, 2.45) is 0 Å². The minimum atomic E-state index is -2.99. The molecular formula is C21H26N4O4S. The van der Waals surface area contributed by atoms with Gasteiger partial charge in [0.2, 0.25) is 5.91 Å². The summed E-state index contributed by atoms with van der Waals surface area (Å²) in [4.78, 5) is 34.8. The number of carbonyl (C=O) groups is 1. The molecule has 9 heteroatoms. The summed E-state index contributed by atoms with van der Waals surface area (Å²) in [7, 11) is -1.16. The zero-order chi connectivity index (χ0) is 21.0. The van der Waals surface area contributed by atoms with E-state index in [-0.39, 0.29) is 47.6 Å². The first-order valence-electron chi connectivity index (χ1n) is 10.5. The second-order valence-corrected chi connectivity index (χ2v) is 11.1. The molecule has 1 amide bonds. The Kier molecular flexibility index (Phi) is 4.70. The van der Waals surface area contributed by atoms with Gasteiger partial charge in [-0.25, -0.2) is 13.4 Å². The van der Waals surface area contributed by atoms with Crippen LogP contribution in [0.1, 0.15) is 25.1 Å². The summed E-state index contributed by atoms with van der Waals surface area (Å²) in [5.74, 6) is 1.09. The number of benzene rings is 1. The van der Waals surface area contributed by atoms with Crippen LogP contribution in [0.25, 0.3) is 10.9 Å². The van der Waals surface area contributed by atoms with E-state index in [0.29, 0.717) is 30.3 Å². The maximum atomic E-state index is 13.2. The van der Waals surface area contributed by atoms with Crippen LogP contribution in [0.15, 0.2) is 29.1 Å². The quantitative estimate of drug-likeness (QED) is 0.701. The van der Waals surface area contributed by atoms with Crippen molar-refractivity contribution in [3.8, 4) is 0 Å². The molecule has 2 fully saturated rings. The molecule has 3 aliphatic rings. The van der Waals surface area contributed by atoms with Crippen molar-refractivity contribution in [2.45, 2.75) is 50.4 Å². The predicted molar refractivity (Wildman–Crippen MR) is 113 cm³/mol. The van der Waals surface area contributed by atoms with Gasteiger partial charge in [0, 0.05) is 25.0 Å². The van der Waals surface area contributed by atoms with Crippen LogP contribution in [0.4, 0.5) is 0 Å². The van der Waals surface area contributed by atoms with E-state index in [1.54, 1.807) is 10.6 Å². The highest BCUT2D eigenvalue weighted by Gasteiger charge is 2.41. The molecule has 0 aliphatic carbocycles. The van der Waals surface area contributed by atoms with E-state index in [0.717, 1.165) is 18.7 Å². The largest absolute Gasteiger partial charge is 0.333 e. The van der Waals surface area contributed by atoms with Crippen molar-refractivity contribution in [1.82, 2.24) is 19.4 Å². The number of sulfone groups is 1. The molecule has 0 saturated carbocycles. The molecule has 3 aliphatic heterocycles. The second-order valence-electron chi connectivity index (χ2n) is 8.82. The molecule has 3 atom stereocenters. The molecule has 160 valence electrons. The molecule has 1 aromatic carbocycles. The second kappa shape index (κ2) is 7.16. The molecule has 0 radical (unpaired) electrons. The third-order valence-corrected chi connectivity index (χ3v) is 8.63. The number of rotatable bonds is 3. The standard InChI is InChI=1S/C21H26N4O4S/c1-23(16-8-9-30(28,29)13-16)12-20(26)25-14-6-7-15(25)11-24-19(10-14)22-18-5-3-2-4-17(18)21(24)27/h2-5,14-16H,6-13H2,1H3/t14-,15-,16-/m1/s1. The van der Waals surface area contributed by atoms with Crippen LogP contribution in [0.2, 0.25) is 0 Å². The molecule has 2 aromatic rings. The normalized spacial score (nSPS) is 27.4. The lowest BCUT2D eigenvalue weighted by molar-refractivity contribution is -0.135. The van der Waals surface area contributed by atoms with Gasteiger partial charge in [-0.2, -0.15) is 0 Å². The first kappa shape index (κ1) is 19.7. The van der Waals surface area contributed by atoms with E-state index in [4.69, 9.17) is 4.98 Å². The van der Waals surface area contributed by atoms with Gasteiger partial charge in [-0.05, 0) is 38.4 Å². The summed E-state index contributed by atoms with van der Waals surface area (Å²) >= 11 is 0. The Labute approximate surface area is 175 Å². The van der Waals surface area contributed by atoms with E-state index in [1.165, 1.54) is 0 Å². The monoisotopic (exact) mass is 430 g/mol. The van der Waals surface area contributed by atoms with Crippen molar-refractivity contribution < 1.29 is 13.2 Å². The number of aromatic nitrogens is 2. The highest BCUT2D eigenvalue weighted by atomic mass is 32.2. The number of carbonyl (C=O) groups excluding carboxylic acids is 1. The summed E-state index contributed by atoms with van der Waals surface area (Å²) in [6.07, 6.45) is 2.93. The molecule has 30 heavy (non-hydrogen) atoms. The smallest absolute Gasteiger partial charge is 0.261 e. The van der Waals surface area contributed by atoms with E-state index in [2.05, 4.69) is 0 Å². The van der Waals surface area contributed by atoms with Gasteiger partial charge in [0.25, 0.3) is 5.56 Å². The fraction of sp³-hybridized carbons (Fsp3) is 0.571. The lowest BCUT2D eigenvalue weighted by Crippen LogP contribution is -2.48. The number of fused-ring (bicyclic) bond motifs is 4. The maximum absolute atomic E-state index is 13.2. The van der Waals surface area contributed by atoms with Gasteiger partial charge < -0.3 is 4.90 Å². The first-order chi connectivity index (χ1) is 14.3. The minimum Gasteiger partial charge on any atom is -0.333 e. The van der Waals surface area contributed by atoms with Crippen LogP contribution in [0.3, 0.4) is 0 Å². The third kappa shape index (κ3) is 3.33. The van der Waals surface area contributed by atoms with E-state index in [1.807, 2.05) is 35.0 Å². The number of hydrogen-bond acceptors (Lipinski definition) is 6. The van der Waals surface area contributed by atoms with Crippen molar-refractivity contribution in [1.29, 1.82) is 0 Å². The Morgan fingerprint density at radius 2 is 1.97 bits per heavy atom. The Morgan fingerprint density at radius 1 is 1.20 bits per heavy atom. The van der Waals surface area contributed by atoms with Crippen LogP contribution in [-0.4, -0.2) is 76.9 Å².